The summed E-state index contributed by atoms with van der Waals surface area (Å²) in [5, 5.41) is 3.89. The van der Waals surface area contributed by atoms with E-state index in [0.29, 0.717) is 15.5 Å². The first-order chi connectivity index (χ1) is 9.56. The average molecular weight is 377 g/mol. The highest BCUT2D eigenvalue weighted by Crippen LogP contribution is 2.40. The summed E-state index contributed by atoms with van der Waals surface area (Å²) in [5.74, 6) is -0.332. The predicted molar refractivity (Wildman–Crippen MR) is 89.1 cm³/mol. The maximum atomic E-state index is 13.3. The van der Waals surface area contributed by atoms with Gasteiger partial charge >= 0.3 is 0 Å². The van der Waals surface area contributed by atoms with E-state index < -0.39 is 0 Å². The van der Waals surface area contributed by atoms with Crippen LogP contribution >= 0.6 is 38.9 Å². The first kappa shape index (κ1) is 16.0. The van der Waals surface area contributed by atoms with E-state index in [9.17, 15) is 4.39 Å². The molecule has 0 aliphatic rings. The molecule has 5 heteroatoms. The van der Waals surface area contributed by atoms with Crippen molar-refractivity contribution in [1.29, 1.82) is 0 Å². The zero-order valence-corrected chi connectivity index (χ0v) is 14.5. The van der Waals surface area contributed by atoms with Crippen LogP contribution in [0.15, 0.2) is 28.7 Å². The normalized spacial score (nSPS) is 12.7. The van der Waals surface area contributed by atoms with Crippen LogP contribution in [-0.4, -0.2) is 6.54 Å². The number of hydrogen-bond acceptors (Lipinski definition) is 2. The molecule has 1 nitrogen and oxygen atoms in total. The van der Waals surface area contributed by atoms with Gasteiger partial charge in [-0.2, -0.15) is 0 Å². The molecule has 0 spiro atoms. The molecule has 1 N–H and O–H groups in total. The Morgan fingerprint density at radius 3 is 2.70 bits per heavy atom. The van der Waals surface area contributed by atoms with E-state index >= 15 is 0 Å². The molecular weight excluding hydrogens is 361 g/mol. The first-order valence-electron chi connectivity index (χ1n) is 6.54. The minimum atomic E-state index is -0.332. The summed E-state index contributed by atoms with van der Waals surface area (Å²) in [6, 6.07) is 7.31. The molecule has 0 saturated carbocycles. The van der Waals surface area contributed by atoms with Crippen LogP contribution in [0, 0.1) is 5.82 Å². The molecule has 0 fully saturated rings. The van der Waals surface area contributed by atoms with E-state index in [1.54, 1.807) is 11.3 Å². The standard InChI is InChI=1S/C15H16BrClFNS/c1-3-12(19-4-2)13-5-6-14(20-13)15-10(16)7-9(18)8-11(15)17/h5-8,12,19H,3-4H2,1-2H3. The van der Waals surface area contributed by atoms with Crippen molar-refractivity contribution in [3.8, 4) is 10.4 Å². The van der Waals surface area contributed by atoms with E-state index in [4.69, 9.17) is 11.6 Å². The smallest absolute Gasteiger partial charge is 0.125 e. The summed E-state index contributed by atoms with van der Waals surface area (Å²) < 4.78 is 14.0. The van der Waals surface area contributed by atoms with Crippen molar-refractivity contribution >= 4 is 38.9 Å². The number of thiophene rings is 1. The fourth-order valence-electron chi connectivity index (χ4n) is 2.14. The van der Waals surface area contributed by atoms with Gasteiger partial charge in [0.1, 0.15) is 5.82 Å². The third-order valence-corrected chi connectivity index (χ3v) is 5.22. The second-order valence-electron chi connectivity index (χ2n) is 4.46. The molecule has 2 aromatic rings. The number of hydrogen-bond donors (Lipinski definition) is 1. The molecule has 0 aliphatic carbocycles. The Morgan fingerprint density at radius 2 is 2.10 bits per heavy atom. The fourth-order valence-corrected chi connectivity index (χ4v) is 4.64. The number of halogens is 3. The zero-order chi connectivity index (χ0) is 14.7. The van der Waals surface area contributed by atoms with Gasteiger partial charge in [0.25, 0.3) is 0 Å². The second-order valence-corrected chi connectivity index (χ2v) is 6.84. The molecule has 1 aromatic heterocycles. The largest absolute Gasteiger partial charge is 0.310 e. The van der Waals surface area contributed by atoms with Gasteiger partial charge in [-0.15, -0.1) is 11.3 Å². The first-order valence-corrected chi connectivity index (χ1v) is 8.53. The van der Waals surface area contributed by atoms with Gasteiger partial charge in [-0.3, -0.25) is 0 Å². The predicted octanol–water partition coefficient (Wildman–Crippen LogP) is 6.03. The summed E-state index contributed by atoms with van der Waals surface area (Å²) in [4.78, 5) is 2.32. The summed E-state index contributed by atoms with van der Waals surface area (Å²) in [6.45, 7) is 5.20. The van der Waals surface area contributed by atoms with E-state index in [1.807, 2.05) is 6.07 Å². The summed E-state index contributed by atoms with van der Waals surface area (Å²) in [7, 11) is 0. The highest BCUT2D eigenvalue weighted by Gasteiger charge is 2.15. The molecule has 108 valence electrons. The Balaban J connectivity index is 2.38. The lowest BCUT2D eigenvalue weighted by Gasteiger charge is -2.13. The van der Waals surface area contributed by atoms with E-state index in [-0.39, 0.29) is 5.82 Å². The Labute approximate surface area is 136 Å². The third kappa shape index (κ3) is 3.42. The van der Waals surface area contributed by atoms with Crippen LogP contribution in [0.25, 0.3) is 10.4 Å². The van der Waals surface area contributed by atoms with Crippen molar-refractivity contribution < 1.29 is 4.39 Å². The van der Waals surface area contributed by atoms with Crippen molar-refractivity contribution in [2.45, 2.75) is 26.3 Å². The summed E-state index contributed by atoms with van der Waals surface area (Å²) in [5.41, 5.74) is 0.857. The van der Waals surface area contributed by atoms with Crippen molar-refractivity contribution in [2.75, 3.05) is 6.54 Å². The van der Waals surface area contributed by atoms with Gasteiger partial charge in [-0.1, -0.05) is 25.4 Å². The van der Waals surface area contributed by atoms with Gasteiger partial charge in [-0.05, 0) is 53.2 Å². The van der Waals surface area contributed by atoms with Gasteiger partial charge < -0.3 is 5.32 Å². The molecule has 1 heterocycles. The molecule has 1 unspecified atom stereocenters. The van der Waals surface area contributed by atoms with Crippen LogP contribution in [0.1, 0.15) is 31.2 Å². The molecule has 1 aromatic carbocycles. The van der Waals surface area contributed by atoms with Crippen LogP contribution in [0.3, 0.4) is 0 Å². The van der Waals surface area contributed by atoms with Crippen molar-refractivity contribution in [2.24, 2.45) is 0 Å². The van der Waals surface area contributed by atoms with Gasteiger partial charge in [0.05, 0.1) is 5.02 Å². The second kappa shape index (κ2) is 7.03. The Morgan fingerprint density at radius 1 is 1.35 bits per heavy atom. The minimum absolute atomic E-state index is 0.332. The Bertz CT molecular complexity index is 576. The Hall–Kier alpha value is -0.420. The maximum absolute atomic E-state index is 13.3. The van der Waals surface area contributed by atoms with Crippen molar-refractivity contribution in [3.05, 3.63) is 44.5 Å². The highest BCUT2D eigenvalue weighted by molar-refractivity contribution is 9.10. The highest BCUT2D eigenvalue weighted by atomic mass is 79.9. The minimum Gasteiger partial charge on any atom is -0.310 e. The van der Waals surface area contributed by atoms with Crippen LogP contribution in [-0.2, 0) is 0 Å². The van der Waals surface area contributed by atoms with Gasteiger partial charge in [0.2, 0.25) is 0 Å². The quantitative estimate of drug-likeness (QED) is 0.671. The topological polar surface area (TPSA) is 12.0 Å². The van der Waals surface area contributed by atoms with Crippen LogP contribution in [0.5, 0.6) is 0 Å². The number of rotatable bonds is 5. The van der Waals surface area contributed by atoms with Crippen LogP contribution in [0.2, 0.25) is 5.02 Å². The van der Waals surface area contributed by atoms with E-state index in [2.05, 4.69) is 41.2 Å². The fraction of sp³-hybridized carbons (Fsp3) is 0.333. The summed E-state index contributed by atoms with van der Waals surface area (Å²) in [6.07, 6.45) is 1.03. The molecule has 1 atom stereocenters. The molecule has 0 amide bonds. The molecule has 2 rings (SSSR count). The molecule has 20 heavy (non-hydrogen) atoms. The number of nitrogens with one attached hydrogen (secondary N) is 1. The van der Waals surface area contributed by atoms with E-state index in [1.165, 1.54) is 17.0 Å². The Kier molecular flexibility index (Phi) is 5.61. The lowest BCUT2D eigenvalue weighted by atomic mass is 10.1. The molecular formula is C15H16BrClFNS. The number of benzene rings is 1. The monoisotopic (exact) mass is 375 g/mol. The van der Waals surface area contributed by atoms with Gasteiger partial charge in [0, 0.05) is 25.8 Å². The zero-order valence-electron chi connectivity index (χ0n) is 11.3. The molecule has 0 bridgehead atoms. The lowest BCUT2D eigenvalue weighted by Crippen LogP contribution is -2.18. The maximum Gasteiger partial charge on any atom is 0.125 e. The van der Waals surface area contributed by atoms with Crippen LogP contribution in [0.4, 0.5) is 4.39 Å². The molecule has 0 radical (unpaired) electrons. The summed E-state index contributed by atoms with van der Waals surface area (Å²) >= 11 is 11.3. The lowest BCUT2D eigenvalue weighted by molar-refractivity contribution is 0.545. The van der Waals surface area contributed by atoms with Crippen LogP contribution < -0.4 is 5.32 Å². The third-order valence-electron chi connectivity index (χ3n) is 3.08. The SMILES string of the molecule is CCNC(CC)c1ccc(-c2c(Cl)cc(F)cc2Br)s1. The van der Waals surface area contributed by atoms with Crippen molar-refractivity contribution in [3.63, 3.8) is 0 Å². The van der Waals surface area contributed by atoms with Gasteiger partial charge in [0.15, 0.2) is 0 Å². The van der Waals surface area contributed by atoms with Gasteiger partial charge in [-0.25, -0.2) is 4.39 Å². The molecule has 0 saturated heterocycles. The van der Waals surface area contributed by atoms with E-state index in [0.717, 1.165) is 23.4 Å². The average Bonchev–Trinajstić information content (AvgIpc) is 2.84. The molecule has 0 aliphatic heterocycles. The van der Waals surface area contributed by atoms with Crippen molar-refractivity contribution in [1.82, 2.24) is 5.32 Å².